The molecule has 1 atom stereocenters. The minimum absolute atomic E-state index is 0.176. The lowest BCUT2D eigenvalue weighted by Crippen LogP contribution is -2.40. The largest absolute Gasteiger partial charge is 0.345 e. The van der Waals surface area contributed by atoms with Crippen LogP contribution in [0.5, 0.6) is 0 Å². The summed E-state index contributed by atoms with van der Waals surface area (Å²) in [4.78, 5) is 38.7. The van der Waals surface area contributed by atoms with E-state index >= 15 is 0 Å². The number of carbonyl (C=O) groups excluding carboxylic acids is 2. The van der Waals surface area contributed by atoms with Crippen molar-refractivity contribution in [1.29, 1.82) is 0 Å². The van der Waals surface area contributed by atoms with Crippen LogP contribution in [0.3, 0.4) is 0 Å². The number of likely N-dealkylation sites (tertiary alicyclic amines) is 1. The molecule has 2 amide bonds. The maximum atomic E-state index is 12.6. The van der Waals surface area contributed by atoms with Crippen LogP contribution in [0.4, 0.5) is 0 Å². The normalized spacial score (nSPS) is 16.5. The van der Waals surface area contributed by atoms with Crippen LogP contribution in [0, 0.1) is 12.8 Å². The number of carbonyl (C=O) groups is 2. The highest BCUT2D eigenvalue weighted by atomic mass is 32.1. The first kappa shape index (κ1) is 22.4. The molecule has 1 saturated heterocycles. The summed E-state index contributed by atoms with van der Waals surface area (Å²) in [6, 6.07) is 5.86. The van der Waals surface area contributed by atoms with Gasteiger partial charge in [-0.3, -0.25) is 14.6 Å². The Balaban J connectivity index is 1.38. The zero-order valence-corrected chi connectivity index (χ0v) is 18.9. The molecule has 3 heterocycles. The second kappa shape index (κ2) is 11.2. The van der Waals surface area contributed by atoms with Crippen molar-refractivity contribution >= 4 is 23.2 Å². The minimum atomic E-state index is 0.176. The molecular formula is C23H32N4O2S. The summed E-state index contributed by atoms with van der Waals surface area (Å²) in [6.45, 7) is 4.31. The van der Waals surface area contributed by atoms with Gasteiger partial charge in [0.05, 0.1) is 11.2 Å². The van der Waals surface area contributed by atoms with Gasteiger partial charge in [0.2, 0.25) is 11.8 Å². The molecule has 2 aromatic heterocycles. The van der Waals surface area contributed by atoms with Gasteiger partial charge < -0.3 is 9.80 Å². The standard InChI is InChI=1S/C23H32N4O2S/c1-18-21(30-17-25-18)9-11-23(29)27-14-5-6-19(16-27)8-10-22(28)26(2)15-12-20-7-3-4-13-24-20/h3-4,7,13,17,19H,5-6,8-12,14-16H2,1-2H3/t19-/m0/s1. The number of pyridine rings is 1. The number of rotatable bonds is 9. The van der Waals surface area contributed by atoms with E-state index < -0.39 is 0 Å². The van der Waals surface area contributed by atoms with E-state index in [9.17, 15) is 9.59 Å². The first-order chi connectivity index (χ1) is 14.5. The van der Waals surface area contributed by atoms with Crippen molar-refractivity contribution in [2.45, 2.75) is 51.9 Å². The number of nitrogens with zero attached hydrogens (tertiary/aromatic N) is 4. The van der Waals surface area contributed by atoms with Gasteiger partial charge in [0.1, 0.15) is 0 Å². The maximum Gasteiger partial charge on any atom is 0.222 e. The molecule has 1 fully saturated rings. The summed E-state index contributed by atoms with van der Waals surface area (Å²) in [6.07, 6.45) is 7.40. The Morgan fingerprint density at radius 3 is 2.83 bits per heavy atom. The monoisotopic (exact) mass is 428 g/mol. The molecule has 3 rings (SSSR count). The molecule has 162 valence electrons. The van der Waals surface area contributed by atoms with Crippen molar-refractivity contribution in [3.05, 3.63) is 46.2 Å². The zero-order chi connectivity index (χ0) is 21.3. The van der Waals surface area contributed by atoms with Crippen molar-refractivity contribution in [2.24, 2.45) is 5.92 Å². The lowest BCUT2D eigenvalue weighted by Gasteiger charge is -2.33. The van der Waals surface area contributed by atoms with Gasteiger partial charge in [-0.15, -0.1) is 11.3 Å². The van der Waals surface area contributed by atoms with Crippen molar-refractivity contribution in [2.75, 3.05) is 26.7 Å². The number of likely N-dealkylation sites (N-methyl/N-ethyl adjacent to an activating group) is 1. The van der Waals surface area contributed by atoms with Crippen LogP contribution in [-0.2, 0) is 22.4 Å². The second-order valence-corrected chi connectivity index (χ2v) is 9.07. The first-order valence-corrected chi connectivity index (χ1v) is 11.7. The van der Waals surface area contributed by atoms with E-state index in [1.807, 2.05) is 42.6 Å². The number of piperidine rings is 1. The predicted molar refractivity (Wildman–Crippen MR) is 119 cm³/mol. The number of hydrogen-bond donors (Lipinski definition) is 0. The molecule has 6 nitrogen and oxygen atoms in total. The Morgan fingerprint density at radius 1 is 1.23 bits per heavy atom. The fourth-order valence-electron chi connectivity index (χ4n) is 3.94. The molecular weight excluding hydrogens is 396 g/mol. The van der Waals surface area contributed by atoms with E-state index in [-0.39, 0.29) is 11.8 Å². The second-order valence-electron chi connectivity index (χ2n) is 8.13. The lowest BCUT2D eigenvalue weighted by molar-refractivity contribution is -0.133. The van der Waals surface area contributed by atoms with Gasteiger partial charge in [-0.05, 0) is 50.7 Å². The molecule has 0 radical (unpaired) electrons. The molecule has 1 aliphatic rings. The summed E-state index contributed by atoms with van der Waals surface area (Å²) in [7, 11) is 1.86. The molecule has 0 aliphatic carbocycles. The SMILES string of the molecule is Cc1ncsc1CCC(=O)N1CCC[C@@H](CCC(=O)N(C)CCc2ccccn2)C1. The molecule has 0 aromatic carbocycles. The Labute approximate surface area is 183 Å². The van der Waals surface area contributed by atoms with Gasteiger partial charge in [0.25, 0.3) is 0 Å². The first-order valence-electron chi connectivity index (χ1n) is 10.8. The fourth-order valence-corrected chi connectivity index (χ4v) is 4.72. The van der Waals surface area contributed by atoms with Crippen LogP contribution >= 0.6 is 11.3 Å². The predicted octanol–water partition coefficient (Wildman–Crippen LogP) is 3.50. The fraction of sp³-hybridized carbons (Fsp3) is 0.565. The van der Waals surface area contributed by atoms with E-state index in [2.05, 4.69) is 9.97 Å². The quantitative estimate of drug-likeness (QED) is 0.613. The highest BCUT2D eigenvalue weighted by molar-refractivity contribution is 7.09. The average molecular weight is 429 g/mol. The Bertz CT molecular complexity index is 824. The highest BCUT2D eigenvalue weighted by Gasteiger charge is 2.24. The Kier molecular flexibility index (Phi) is 8.37. The van der Waals surface area contributed by atoms with Crippen LogP contribution in [0.15, 0.2) is 29.9 Å². The third kappa shape index (κ3) is 6.62. The maximum absolute atomic E-state index is 12.6. The van der Waals surface area contributed by atoms with Crippen LogP contribution < -0.4 is 0 Å². The Hall–Kier alpha value is -2.28. The molecule has 0 saturated carbocycles. The number of amides is 2. The summed E-state index contributed by atoms with van der Waals surface area (Å²) < 4.78 is 0. The topological polar surface area (TPSA) is 66.4 Å². The van der Waals surface area contributed by atoms with E-state index in [0.717, 1.165) is 56.6 Å². The van der Waals surface area contributed by atoms with Gasteiger partial charge in [0.15, 0.2) is 0 Å². The van der Waals surface area contributed by atoms with Gasteiger partial charge >= 0.3 is 0 Å². The van der Waals surface area contributed by atoms with Gasteiger partial charge in [0, 0.05) is 62.7 Å². The van der Waals surface area contributed by atoms with Gasteiger partial charge in [-0.2, -0.15) is 0 Å². The molecule has 0 spiro atoms. The van der Waals surface area contributed by atoms with Crippen molar-refractivity contribution in [3.63, 3.8) is 0 Å². The van der Waals surface area contributed by atoms with Crippen LogP contribution in [-0.4, -0.2) is 58.3 Å². The van der Waals surface area contributed by atoms with Crippen LogP contribution in [0.2, 0.25) is 0 Å². The molecule has 30 heavy (non-hydrogen) atoms. The van der Waals surface area contributed by atoms with E-state index in [4.69, 9.17) is 0 Å². The van der Waals surface area contributed by atoms with Gasteiger partial charge in [-0.25, -0.2) is 4.98 Å². The number of aryl methyl sites for hydroxylation is 2. The highest BCUT2D eigenvalue weighted by Crippen LogP contribution is 2.23. The van der Waals surface area contributed by atoms with Gasteiger partial charge in [-0.1, -0.05) is 6.07 Å². The molecule has 7 heteroatoms. The summed E-state index contributed by atoms with van der Waals surface area (Å²) in [5.41, 5.74) is 3.89. The Morgan fingerprint density at radius 2 is 2.10 bits per heavy atom. The smallest absolute Gasteiger partial charge is 0.222 e. The lowest BCUT2D eigenvalue weighted by atomic mass is 9.93. The third-order valence-electron chi connectivity index (χ3n) is 5.90. The minimum Gasteiger partial charge on any atom is -0.345 e. The van der Waals surface area contributed by atoms with E-state index in [1.165, 1.54) is 4.88 Å². The van der Waals surface area contributed by atoms with E-state index in [1.54, 1.807) is 22.4 Å². The van der Waals surface area contributed by atoms with E-state index in [0.29, 0.717) is 25.3 Å². The molecule has 1 aliphatic heterocycles. The molecule has 2 aromatic rings. The molecule has 0 unspecified atom stereocenters. The van der Waals surface area contributed by atoms with Crippen molar-refractivity contribution in [3.8, 4) is 0 Å². The molecule has 0 bridgehead atoms. The average Bonchev–Trinajstić information content (AvgIpc) is 3.19. The number of hydrogen-bond acceptors (Lipinski definition) is 5. The van der Waals surface area contributed by atoms with Crippen LogP contribution in [0.25, 0.3) is 0 Å². The van der Waals surface area contributed by atoms with Crippen LogP contribution in [0.1, 0.15) is 48.4 Å². The summed E-state index contributed by atoms with van der Waals surface area (Å²) in [5.74, 6) is 0.822. The molecule has 0 N–H and O–H groups in total. The summed E-state index contributed by atoms with van der Waals surface area (Å²) in [5, 5.41) is 0. The summed E-state index contributed by atoms with van der Waals surface area (Å²) >= 11 is 1.63. The number of thiazole rings is 1. The zero-order valence-electron chi connectivity index (χ0n) is 18.0. The number of aromatic nitrogens is 2. The third-order valence-corrected chi connectivity index (χ3v) is 6.90. The van der Waals surface area contributed by atoms with Crippen molar-refractivity contribution in [1.82, 2.24) is 19.8 Å². The van der Waals surface area contributed by atoms with Crippen molar-refractivity contribution < 1.29 is 9.59 Å².